The summed E-state index contributed by atoms with van der Waals surface area (Å²) in [5, 5.41) is 0. The van der Waals surface area contributed by atoms with Crippen LogP contribution in [0.1, 0.15) is 21.5 Å². The van der Waals surface area contributed by atoms with Crippen LogP contribution in [0, 0.1) is 6.92 Å². The van der Waals surface area contributed by atoms with Crippen molar-refractivity contribution in [1.82, 2.24) is 9.62 Å². The van der Waals surface area contributed by atoms with E-state index in [0.717, 1.165) is 11.1 Å². The molecule has 1 N–H and O–H groups in total. The highest BCUT2D eigenvalue weighted by molar-refractivity contribution is 7.89. The lowest BCUT2D eigenvalue weighted by Gasteiger charge is -2.23. The fourth-order valence-corrected chi connectivity index (χ4v) is 4.14. The maximum Gasteiger partial charge on any atom is 0.262 e. The Morgan fingerprint density at radius 1 is 0.767 bits per heavy atom. The standard InChI is InChI=1S/C24H24N2O3S/c1-18-14-16-21(17-15-18)30(28,29)25-22(24(27)20-12-8-5-9-13-20)23(26(2)3)19-10-6-4-7-11-19/h4-17,25H,1-3H3/b23-22-. The molecule has 0 spiro atoms. The second-order valence-corrected chi connectivity index (χ2v) is 8.78. The van der Waals surface area contributed by atoms with E-state index in [1.807, 2.05) is 37.3 Å². The van der Waals surface area contributed by atoms with E-state index in [4.69, 9.17) is 0 Å². The maximum absolute atomic E-state index is 13.4. The molecule has 6 heteroatoms. The van der Waals surface area contributed by atoms with Crippen molar-refractivity contribution in [2.45, 2.75) is 11.8 Å². The number of nitrogens with one attached hydrogen (secondary N) is 1. The van der Waals surface area contributed by atoms with Crippen LogP contribution >= 0.6 is 0 Å². The summed E-state index contributed by atoms with van der Waals surface area (Å²) in [6, 6.07) is 24.4. The van der Waals surface area contributed by atoms with Gasteiger partial charge in [0.25, 0.3) is 10.0 Å². The highest BCUT2D eigenvalue weighted by atomic mass is 32.2. The molecule has 0 aromatic heterocycles. The van der Waals surface area contributed by atoms with Gasteiger partial charge in [-0.25, -0.2) is 8.42 Å². The van der Waals surface area contributed by atoms with Gasteiger partial charge in [-0.2, -0.15) is 0 Å². The largest absolute Gasteiger partial charge is 0.375 e. The minimum Gasteiger partial charge on any atom is -0.375 e. The number of hydrogen-bond acceptors (Lipinski definition) is 4. The predicted octanol–water partition coefficient (Wildman–Crippen LogP) is 4.09. The van der Waals surface area contributed by atoms with Crippen LogP contribution in [0.25, 0.3) is 5.70 Å². The second kappa shape index (κ2) is 8.97. The summed E-state index contributed by atoms with van der Waals surface area (Å²) in [4.78, 5) is 15.3. The molecule has 0 aliphatic rings. The summed E-state index contributed by atoms with van der Waals surface area (Å²) >= 11 is 0. The monoisotopic (exact) mass is 420 g/mol. The van der Waals surface area contributed by atoms with Crippen LogP contribution in [0.5, 0.6) is 0 Å². The Morgan fingerprint density at radius 2 is 1.27 bits per heavy atom. The van der Waals surface area contributed by atoms with Crippen molar-refractivity contribution < 1.29 is 13.2 Å². The van der Waals surface area contributed by atoms with Crippen LogP contribution in [-0.2, 0) is 10.0 Å². The zero-order valence-electron chi connectivity index (χ0n) is 17.2. The average molecular weight is 421 g/mol. The van der Waals surface area contributed by atoms with Crippen LogP contribution in [-0.4, -0.2) is 33.2 Å². The molecule has 0 bridgehead atoms. The molecule has 0 fully saturated rings. The van der Waals surface area contributed by atoms with Gasteiger partial charge < -0.3 is 4.90 Å². The molecule has 0 saturated heterocycles. The summed E-state index contributed by atoms with van der Waals surface area (Å²) < 4.78 is 28.8. The number of nitrogens with zero attached hydrogens (tertiary/aromatic N) is 1. The summed E-state index contributed by atoms with van der Waals surface area (Å²) in [6.45, 7) is 1.88. The Balaban J connectivity index is 2.19. The van der Waals surface area contributed by atoms with Gasteiger partial charge in [0.05, 0.1) is 10.6 Å². The van der Waals surface area contributed by atoms with Crippen molar-refractivity contribution in [2.24, 2.45) is 0 Å². The van der Waals surface area contributed by atoms with Gasteiger partial charge in [-0.05, 0) is 19.1 Å². The normalized spacial score (nSPS) is 12.1. The molecule has 0 aliphatic carbocycles. The molecule has 0 radical (unpaired) electrons. The quantitative estimate of drug-likeness (QED) is 0.462. The number of sulfonamides is 1. The molecule has 0 atom stereocenters. The van der Waals surface area contributed by atoms with Crippen molar-refractivity contribution in [2.75, 3.05) is 14.1 Å². The average Bonchev–Trinajstić information content (AvgIpc) is 2.74. The minimum atomic E-state index is -3.97. The Morgan fingerprint density at radius 3 is 1.77 bits per heavy atom. The molecule has 0 heterocycles. The number of rotatable bonds is 7. The van der Waals surface area contributed by atoms with Crippen molar-refractivity contribution >= 4 is 21.5 Å². The molecule has 30 heavy (non-hydrogen) atoms. The molecule has 3 rings (SSSR count). The first-order chi connectivity index (χ1) is 14.3. The van der Waals surface area contributed by atoms with Gasteiger partial charge in [-0.3, -0.25) is 9.52 Å². The van der Waals surface area contributed by atoms with E-state index in [9.17, 15) is 13.2 Å². The second-order valence-electron chi connectivity index (χ2n) is 7.10. The molecule has 3 aromatic rings. The summed E-state index contributed by atoms with van der Waals surface area (Å²) in [5.41, 5.74) is 2.56. The Kier molecular flexibility index (Phi) is 6.37. The molecular weight excluding hydrogens is 396 g/mol. The molecular formula is C24H24N2O3S. The third-order valence-electron chi connectivity index (χ3n) is 4.56. The Labute approximate surface area is 177 Å². The number of carbonyl (C=O) groups excluding carboxylic acids is 1. The lowest BCUT2D eigenvalue weighted by atomic mass is 10.0. The van der Waals surface area contributed by atoms with Crippen molar-refractivity contribution in [3.63, 3.8) is 0 Å². The molecule has 0 amide bonds. The van der Waals surface area contributed by atoms with E-state index in [2.05, 4.69) is 4.72 Å². The van der Waals surface area contributed by atoms with Gasteiger partial charge in [0.1, 0.15) is 5.70 Å². The first kappa shape index (κ1) is 21.3. The number of allylic oxidation sites excluding steroid dienone is 1. The van der Waals surface area contributed by atoms with Gasteiger partial charge in [0.2, 0.25) is 5.78 Å². The van der Waals surface area contributed by atoms with Gasteiger partial charge >= 0.3 is 0 Å². The predicted molar refractivity (Wildman–Crippen MR) is 119 cm³/mol. The Hall–Kier alpha value is -3.38. The number of ketones is 1. The Bertz CT molecular complexity index is 1150. The highest BCUT2D eigenvalue weighted by Gasteiger charge is 2.25. The lowest BCUT2D eigenvalue weighted by molar-refractivity contribution is 0.102. The van der Waals surface area contributed by atoms with E-state index < -0.39 is 15.8 Å². The van der Waals surface area contributed by atoms with Crippen LogP contribution in [0.4, 0.5) is 0 Å². The summed E-state index contributed by atoms with van der Waals surface area (Å²) in [7, 11) is -0.414. The molecule has 5 nitrogen and oxygen atoms in total. The molecule has 0 saturated carbocycles. The van der Waals surface area contributed by atoms with E-state index in [0.29, 0.717) is 11.3 Å². The van der Waals surface area contributed by atoms with Crippen LogP contribution in [0.15, 0.2) is 95.5 Å². The fraction of sp³-hybridized carbons (Fsp3) is 0.125. The number of Topliss-reactive ketones (excluding diaryl/α,β-unsaturated/α-hetero) is 1. The van der Waals surface area contributed by atoms with Crippen LogP contribution in [0.2, 0.25) is 0 Å². The number of carbonyl (C=O) groups is 1. The number of benzene rings is 3. The highest BCUT2D eigenvalue weighted by Crippen LogP contribution is 2.24. The van der Waals surface area contributed by atoms with E-state index in [-0.39, 0.29) is 10.6 Å². The van der Waals surface area contributed by atoms with E-state index in [1.54, 1.807) is 61.5 Å². The first-order valence-electron chi connectivity index (χ1n) is 9.46. The van der Waals surface area contributed by atoms with Crippen molar-refractivity contribution in [3.8, 4) is 0 Å². The molecule has 0 aliphatic heterocycles. The fourth-order valence-electron chi connectivity index (χ4n) is 3.07. The van der Waals surface area contributed by atoms with Gasteiger partial charge in [0, 0.05) is 25.2 Å². The van der Waals surface area contributed by atoms with E-state index in [1.165, 1.54) is 12.1 Å². The first-order valence-corrected chi connectivity index (χ1v) is 10.9. The van der Waals surface area contributed by atoms with Crippen molar-refractivity contribution in [3.05, 3.63) is 107 Å². The van der Waals surface area contributed by atoms with Gasteiger partial charge in [0.15, 0.2) is 0 Å². The molecule has 3 aromatic carbocycles. The molecule has 0 unspecified atom stereocenters. The zero-order chi connectivity index (χ0) is 21.7. The van der Waals surface area contributed by atoms with Crippen molar-refractivity contribution in [1.29, 1.82) is 0 Å². The number of hydrogen-bond donors (Lipinski definition) is 1. The minimum absolute atomic E-state index is 0.00187. The SMILES string of the molecule is Cc1ccc(S(=O)(=O)N/C(C(=O)c2ccccc2)=C(/c2ccccc2)N(C)C)cc1. The lowest BCUT2D eigenvalue weighted by Crippen LogP contribution is -2.31. The van der Waals surface area contributed by atoms with Gasteiger partial charge in [-0.15, -0.1) is 0 Å². The zero-order valence-corrected chi connectivity index (χ0v) is 18.0. The third kappa shape index (κ3) is 4.78. The van der Waals surface area contributed by atoms with Crippen LogP contribution in [0.3, 0.4) is 0 Å². The summed E-state index contributed by atoms with van der Waals surface area (Å²) in [6.07, 6.45) is 0. The summed E-state index contributed by atoms with van der Waals surface area (Å²) in [5.74, 6) is -0.404. The topological polar surface area (TPSA) is 66.5 Å². The van der Waals surface area contributed by atoms with Crippen LogP contribution < -0.4 is 4.72 Å². The third-order valence-corrected chi connectivity index (χ3v) is 5.93. The maximum atomic E-state index is 13.4. The van der Waals surface area contributed by atoms with Gasteiger partial charge in [-0.1, -0.05) is 78.4 Å². The number of aryl methyl sites for hydroxylation is 1. The molecule has 154 valence electrons. The van der Waals surface area contributed by atoms with E-state index >= 15 is 0 Å². The smallest absolute Gasteiger partial charge is 0.262 e.